The van der Waals surface area contributed by atoms with E-state index in [0.29, 0.717) is 11.5 Å². The van der Waals surface area contributed by atoms with Crippen molar-refractivity contribution in [3.8, 4) is 28.7 Å². The summed E-state index contributed by atoms with van der Waals surface area (Å²) in [6, 6.07) is 20.0. The van der Waals surface area contributed by atoms with E-state index in [2.05, 4.69) is 4.90 Å². The molecular formula is C29H29NO4. The second kappa shape index (κ2) is 9.02. The summed E-state index contributed by atoms with van der Waals surface area (Å²) in [5.41, 5.74) is 6.71. The highest BCUT2D eigenvalue weighted by Crippen LogP contribution is 2.47. The highest BCUT2D eigenvalue weighted by atomic mass is 16.5. The van der Waals surface area contributed by atoms with Crippen molar-refractivity contribution in [2.45, 2.75) is 34.6 Å². The summed E-state index contributed by atoms with van der Waals surface area (Å²) < 4.78 is 6.29. The number of phenolic OH excluding ortho intramolecular Hbond substituents is 3. The standard InChI is InChI=1S/C29H29NO4/c1-17-9-8-11-27(33)29(17)34-28-12-7-6-10-24(28)30(22-13-15-25(31)20(4)18(22)2)23-14-16-26(32)21(5)19(23)3/h6-16,31-33H,1-5H3. The molecule has 4 rings (SSSR count). The molecule has 0 spiro atoms. The monoisotopic (exact) mass is 455 g/mol. The number of hydrogen-bond acceptors (Lipinski definition) is 5. The van der Waals surface area contributed by atoms with Crippen LogP contribution < -0.4 is 9.64 Å². The second-order valence-corrected chi connectivity index (χ2v) is 8.54. The van der Waals surface area contributed by atoms with Gasteiger partial charge in [0.1, 0.15) is 11.5 Å². The first-order valence-corrected chi connectivity index (χ1v) is 11.1. The molecule has 0 saturated heterocycles. The van der Waals surface area contributed by atoms with Crippen LogP contribution in [0.5, 0.6) is 28.7 Å². The normalized spacial score (nSPS) is 10.9. The molecule has 4 aromatic rings. The summed E-state index contributed by atoms with van der Waals surface area (Å²) in [6.45, 7) is 9.59. The highest BCUT2D eigenvalue weighted by Gasteiger charge is 2.23. The Kier molecular flexibility index (Phi) is 6.12. The van der Waals surface area contributed by atoms with E-state index in [4.69, 9.17) is 4.74 Å². The average Bonchev–Trinajstić information content (AvgIpc) is 2.82. The predicted octanol–water partition coefficient (Wildman–Crippen LogP) is 7.61. The number of rotatable bonds is 5. The zero-order valence-electron chi connectivity index (χ0n) is 20.0. The Morgan fingerprint density at radius 2 is 1.09 bits per heavy atom. The van der Waals surface area contributed by atoms with Crippen LogP contribution in [0.15, 0.2) is 66.7 Å². The van der Waals surface area contributed by atoms with Crippen LogP contribution in [-0.2, 0) is 0 Å². The van der Waals surface area contributed by atoms with E-state index in [0.717, 1.165) is 44.9 Å². The van der Waals surface area contributed by atoms with Crippen LogP contribution in [0.25, 0.3) is 0 Å². The van der Waals surface area contributed by atoms with Crippen LogP contribution in [0.4, 0.5) is 17.1 Å². The number of benzene rings is 4. The van der Waals surface area contributed by atoms with Gasteiger partial charge in [-0.3, -0.25) is 0 Å². The molecule has 0 atom stereocenters. The minimum atomic E-state index is 0.0645. The third-order valence-corrected chi connectivity index (χ3v) is 6.45. The first-order chi connectivity index (χ1) is 16.2. The molecule has 0 aromatic heterocycles. The predicted molar refractivity (Wildman–Crippen MR) is 136 cm³/mol. The van der Waals surface area contributed by atoms with Crippen molar-refractivity contribution in [1.29, 1.82) is 0 Å². The van der Waals surface area contributed by atoms with Gasteiger partial charge in [-0.15, -0.1) is 0 Å². The number of para-hydroxylation sites is 3. The van der Waals surface area contributed by atoms with Crippen LogP contribution in [0.1, 0.15) is 27.8 Å². The van der Waals surface area contributed by atoms with Gasteiger partial charge in [-0.25, -0.2) is 0 Å². The van der Waals surface area contributed by atoms with Gasteiger partial charge in [0.15, 0.2) is 17.2 Å². The zero-order chi connectivity index (χ0) is 24.6. The van der Waals surface area contributed by atoms with Crippen LogP contribution in [0.2, 0.25) is 0 Å². The van der Waals surface area contributed by atoms with Crippen molar-refractivity contribution in [3.63, 3.8) is 0 Å². The van der Waals surface area contributed by atoms with E-state index in [1.165, 1.54) is 0 Å². The van der Waals surface area contributed by atoms with Crippen molar-refractivity contribution < 1.29 is 20.1 Å². The molecule has 0 bridgehead atoms. The first-order valence-electron chi connectivity index (χ1n) is 11.1. The van der Waals surface area contributed by atoms with Gasteiger partial charge in [0.05, 0.1) is 5.69 Å². The summed E-state index contributed by atoms with van der Waals surface area (Å²) in [7, 11) is 0. The molecule has 5 nitrogen and oxygen atoms in total. The Balaban J connectivity index is 1.98. The van der Waals surface area contributed by atoms with Crippen LogP contribution in [-0.4, -0.2) is 15.3 Å². The number of aromatic hydroxyl groups is 3. The molecule has 0 heterocycles. The fourth-order valence-corrected chi connectivity index (χ4v) is 4.07. The molecule has 3 N–H and O–H groups in total. The van der Waals surface area contributed by atoms with Crippen LogP contribution in [0, 0.1) is 34.6 Å². The van der Waals surface area contributed by atoms with Gasteiger partial charge in [0.25, 0.3) is 0 Å². The van der Waals surface area contributed by atoms with E-state index in [1.807, 2.05) is 77.1 Å². The average molecular weight is 456 g/mol. The Labute approximate surface area is 200 Å². The number of nitrogens with zero attached hydrogens (tertiary/aromatic N) is 1. The Morgan fingerprint density at radius 1 is 0.529 bits per heavy atom. The molecule has 0 aliphatic rings. The topological polar surface area (TPSA) is 73.2 Å². The molecule has 0 radical (unpaired) electrons. The van der Waals surface area contributed by atoms with Gasteiger partial charge in [0, 0.05) is 11.4 Å². The van der Waals surface area contributed by atoms with Crippen molar-refractivity contribution in [2.75, 3.05) is 4.90 Å². The maximum Gasteiger partial charge on any atom is 0.172 e. The van der Waals surface area contributed by atoms with Crippen LogP contribution in [0.3, 0.4) is 0 Å². The quantitative estimate of drug-likeness (QED) is 0.289. The lowest BCUT2D eigenvalue weighted by molar-refractivity contribution is 0.409. The maximum absolute atomic E-state index is 10.4. The SMILES string of the molecule is Cc1cccc(O)c1Oc1ccccc1N(c1ccc(O)c(C)c1C)c1ccc(O)c(C)c1C. The number of anilines is 3. The smallest absolute Gasteiger partial charge is 0.172 e. The number of ether oxygens (including phenoxy) is 1. The molecule has 0 aliphatic carbocycles. The van der Waals surface area contributed by atoms with E-state index in [1.54, 1.807) is 24.3 Å². The fourth-order valence-electron chi connectivity index (χ4n) is 4.07. The highest BCUT2D eigenvalue weighted by molar-refractivity contribution is 5.85. The number of phenols is 3. The minimum absolute atomic E-state index is 0.0645. The van der Waals surface area contributed by atoms with Gasteiger partial charge in [-0.1, -0.05) is 24.3 Å². The molecule has 34 heavy (non-hydrogen) atoms. The van der Waals surface area contributed by atoms with E-state index < -0.39 is 0 Å². The molecule has 5 heteroatoms. The second-order valence-electron chi connectivity index (χ2n) is 8.54. The summed E-state index contributed by atoms with van der Waals surface area (Å²) in [5, 5.41) is 31.0. The summed E-state index contributed by atoms with van der Waals surface area (Å²) >= 11 is 0. The van der Waals surface area contributed by atoms with Gasteiger partial charge in [-0.2, -0.15) is 0 Å². The maximum atomic E-state index is 10.4. The molecule has 0 aliphatic heterocycles. The molecule has 0 unspecified atom stereocenters. The summed E-state index contributed by atoms with van der Waals surface area (Å²) in [6.07, 6.45) is 0. The summed E-state index contributed by atoms with van der Waals surface area (Å²) in [4.78, 5) is 2.06. The van der Waals surface area contributed by atoms with Crippen molar-refractivity contribution >= 4 is 17.1 Å². The Bertz CT molecular complexity index is 1300. The third kappa shape index (κ3) is 4.01. The number of aryl methyl sites for hydroxylation is 1. The lowest BCUT2D eigenvalue weighted by atomic mass is 10.0. The summed E-state index contributed by atoms with van der Waals surface area (Å²) in [5.74, 6) is 1.48. The third-order valence-electron chi connectivity index (χ3n) is 6.45. The molecule has 174 valence electrons. The van der Waals surface area contributed by atoms with Crippen molar-refractivity contribution in [3.05, 3.63) is 94.5 Å². The fraction of sp³-hybridized carbons (Fsp3) is 0.172. The van der Waals surface area contributed by atoms with Crippen molar-refractivity contribution in [2.24, 2.45) is 0 Å². The molecular weight excluding hydrogens is 426 g/mol. The lowest BCUT2D eigenvalue weighted by Gasteiger charge is -2.31. The molecule has 0 fully saturated rings. The van der Waals surface area contributed by atoms with Crippen LogP contribution >= 0.6 is 0 Å². The largest absolute Gasteiger partial charge is 0.508 e. The Hall–Kier alpha value is -4.12. The van der Waals surface area contributed by atoms with Gasteiger partial charge < -0.3 is 25.0 Å². The van der Waals surface area contributed by atoms with E-state index in [9.17, 15) is 15.3 Å². The Morgan fingerprint density at radius 3 is 1.65 bits per heavy atom. The van der Waals surface area contributed by atoms with Gasteiger partial charge in [0.2, 0.25) is 0 Å². The molecule has 0 saturated carbocycles. The van der Waals surface area contributed by atoms with Gasteiger partial charge >= 0.3 is 0 Å². The molecule has 0 amide bonds. The minimum Gasteiger partial charge on any atom is -0.508 e. The van der Waals surface area contributed by atoms with E-state index >= 15 is 0 Å². The molecule has 4 aromatic carbocycles. The van der Waals surface area contributed by atoms with Crippen molar-refractivity contribution in [1.82, 2.24) is 0 Å². The lowest BCUT2D eigenvalue weighted by Crippen LogP contribution is -2.14. The first kappa shape index (κ1) is 23.1. The van der Waals surface area contributed by atoms with E-state index in [-0.39, 0.29) is 17.2 Å². The number of hydrogen-bond donors (Lipinski definition) is 3. The zero-order valence-corrected chi connectivity index (χ0v) is 20.0. The van der Waals surface area contributed by atoms with Gasteiger partial charge in [-0.05, 0) is 105 Å².